The molecule has 8 rings (SSSR count). The summed E-state index contributed by atoms with van der Waals surface area (Å²) in [7, 11) is 1.70. The molecule has 45 heavy (non-hydrogen) atoms. The number of pyridine rings is 1. The van der Waals surface area contributed by atoms with Crippen LogP contribution in [0.25, 0.3) is 66.1 Å². The van der Waals surface area contributed by atoms with E-state index in [1.54, 1.807) is 19.5 Å². The van der Waals surface area contributed by atoms with Crippen molar-refractivity contribution in [3.8, 4) is 34.3 Å². The quantitative estimate of drug-likeness (QED) is 0.208. The molecule has 0 unspecified atom stereocenters. The first-order chi connectivity index (χ1) is 21.9. The molecule has 0 bridgehead atoms. The molecule has 5 heteroatoms. The Kier molecular flexibility index (Phi) is 6.01. The maximum atomic E-state index is 10.6. The maximum Gasteiger partial charge on any atom is 0.119 e. The average Bonchev–Trinajstić information content (AvgIpc) is 3.55. The lowest BCUT2D eigenvalue weighted by Gasteiger charge is -2.19. The van der Waals surface area contributed by atoms with Crippen LogP contribution in [0.4, 0.5) is 0 Å². The number of hydrogen-bond donors (Lipinski definition) is 0. The van der Waals surface area contributed by atoms with Crippen molar-refractivity contribution in [3.63, 3.8) is 0 Å². The maximum absolute atomic E-state index is 10.6. The summed E-state index contributed by atoms with van der Waals surface area (Å²) in [6, 6.07) is 36.8. The summed E-state index contributed by atoms with van der Waals surface area (Å²) in [4.78, 5) is 4.24. The molecule has 0 aliphatic carbocycles. The number of hydrogen-bond acceptors (Lipinski definition) is 3. The second kappa shape index (κ2) is 10.1. The van der Waals surface area contributed by atoms with Crippen molar-refractivity contribution in [1.82, 2.24) is 14.1 Å². The second-order valence-electron chi connectivity index (χ2n) is 11.8. The number of ether oxygens (including phenoxy) is 1. The van der Waals surface area contributed by atoms with Crippen LogP contribution in [0.3, 0.4) is 0 Å². The summed E-state index contributed by atoms with van der Waals surface area (Å²) < 4.78 is 10.3. The number of aromatic nitrogens is 3. The van der Waals surface area contributed by atoms with Crippen molar-refractivity contribution in [2.24, 2.45) is 0 Å². The fourth-order valence-corrected chi connectivity index (χ4v) is 6.81. The summed E-state index contributed by atoms with van der Waals surface area (Å²) in [5.41, 5.74) is 12.3. The van der Waals surface area contributed by atoms with E-state index in [9.17, 15) is 5.26 Å². The van der Waals surface area contributed by atoms with Gasteiger partial charge >= 0.3 is 0 Å². The van der Waals surface area contributed by atoms with Crippen LogP contribution < -0.4 is 4.74 Å². The Hall–Kier alpha value is -5.86. The summed E-state index contributed by atoms with van der Waals surface area (Å²) in [5, 5.41) is 15.2. The number of methoxy groups -OCH3 is 1. The van der Waals surface area contributed by atoms with Crippen LogP contribution in [0.2, 0.25) is 0 Å². The molecule has 0 saturated heterocycles. The molecule has 0 aliphatic rings. The normalized spacial score (nSPS) is 11.5. The Morgan fingerprint density at radius 3 is 1.53 bits per heavy atom. The number of benzene rings is 5. The predicted molar refractivity (Wildman–Crippen MR) is 184 cm³/mol. The lowest BCUT2D eigenvalue weighted by molar-refractivity contribution is 0.415. The van der Waals surface area contributed by atoms with Gasteiger partial charge in [0.2, 0.25) is 0 Å². The zero-order valence-corrected chi connectivity index (χ0v) is 25.6. The molecule has 216 valence electrons. The van der Waals surface area contributed by atoms with E-state index in [-0.39, 0.29) is 0 Å². The molecule has 0 radical (unpaired) electrons. The van der Waals surface area contributed by atoms with Crippen molar-refractivity contribution < 1.29 is 4.74 Å². The molecule has 0 fully saturated rings. The number of nitriles is 1. The van der Waals surface area contributed by atoms with Crippen molar-refractivity contribution in [2.75, 3.05) is 7.11 Å². The third kappa shape index (κ3) is 4.11. The standard InChI is InChI=1S/C40H30N4O/c1-24-5-9-35-31(17-24)32-18-25(2)6-10-36(32)44(35)40-22-30(27-13-15-42-16-14-27)28(23-41)20-39(40)43-37-11-7-26(3)19-33(37)34-21-29(45-4)8-12-38(34)43/h5-22H,1-4H3. The monoisotopic (exact) mass is 582 g/mol. The van der Waals surface area contributed by atoms with Crippen molar-refractivity contribution >= 4 is 43.6 Å². The van der Waals surface area contributed by atoms with Crippen LogP contribution in [0.5, 0.6) is 5.75 Å². The third-order valence-corrected chi connectivity index (χ3v) is 8.91. The van der Waals surface area contributed by atoms with Crippen LogP contribution in [-0.2, 0) is 0 Å². The van der Waals surface area contributed by atoms with Crippen LogP contribution in [0.1, 0.15) is 22.3 Å². The molecule has 8 aromatic rings. The molecule has 0 saturated carbocycles. The lowest BCUT2D eigenvalue weighted by Crippen LogP contribution is -2.05. The Morgan fingerprint density at radius 1 is 0.578 bits per heavy atom. The van der Waals surface area contributed by atoms with E-state index in [0.29, 0.717) is 5.56 Å². The SMILES string of the molecule is COc1ccc2c(c1)c1cc(C)ccc1n2-c1cc(C#N)c(-c2ccncc2)cc1-n1c2ccc(C)cc2c2cc(C)ccc21. The number of aryl methyl sites for hydroxylation is 3. The van der Waals surface area contributed by atoms with Crippen molar-refractivity contribution in [2.45, 2.75) is 20.8 Å². The zero-order chi connectivity index (χ0) is 30.8. The van der Waals surface area contributed by atoms with Gasteiger partial charge in [-0.1, -0.05) is 34.9 Å². The van der Waals surface area contributed by atoms with E-state index in [4.69, 9.17) is 4.74 Å². The van der Waals surface area contributed by atoms with Crippen LogP contribution in [0.15, 0.2) is 109 Å². The minimum absolute atomic E-state index is 0.600. The Balaban J connectivity index is 1.58. The summed E-state index contributed by atoms with van der Waals surface area (Å²) >= 11 is 0. The highest BCUT2D eigenvalue weighted by molar-refractivity contribution is 6.12. The van der Waals surface area contributed by atoms with E-state index in [1.165, 1.54) is 27.5 Å². The van der Waals surface area contributed by atoms with E-state index in [0.717, 1.165) is 61.1 Å². The third-order valence-electron chi connectivity index (χ3n) is 8.91. The van der Waals surface area contributed by atoms with Gasteiger partial charge in [0, 0.05) is 39.5 Å². The van der Waals surface area contributed by atoms with Crippen molar-refractivity contribution in [3.05, 3.63) is 132 Å². The van der Waals surface area contributed by atoms with Gasteiger partial charge in [0.25, 0.3) is 0 Å². The van der Waals surface area contributed by atoms with Gasteiger partial charge in [0.05, 0.1) is 52.2 Å². The first-order valence-electron chi connectivity index (χ1n) is 15.0. The second-order valence-corrected chi connectivity index (χ2v) is 11.8. The lowest BCUT2D eigenvalue weighted by atomic mass is 9.99. The first kappa shape index (κ1) is 26.7. The van der Waals surface area contributed by atoms with Crippen molar-refractivity contribution in [1.29, 1.82) is 5.26 Å². The molecular formula is C40H30N4O. The Morgan fingerprint density at radius 2 is 1.04 bits per heavy atom. The molecule has 5 aromatic carbocycles. The van der Waals surface area contributed by atoms with Crippen LogP contribution >= 0.6 is 0 Å². The topological polar surface area (TPSA) is 55.8 Å². The number of fused-ring (bicyclic) bond motifs is 6. The molecule has 5 nitrogen and oxygen atoms in total. The molecular weight excluding hydrogens is 552 g/mol. The van der Waals surface area contributed by atoms with E-state index in [2.05, 4.69) is 114 Å². The van der Waals surface area contributed by atoms with Gasteiger partial charge in [-0.15, -0.1) is 0 Å². The average molecular weight is 583 g/mol. The van der Waals surface area contributed by atoms with Gasteiger partial charge in [-0.3, -0.25) is 4.98 Å². The van der Waals surface area contributed by atoms with Gasteiger partial charge in [0.15, 0.2) is 0 Å². The smallest absolute Gasteiger partial charge is 0.119 e. The fourth-order valence-electron chi connectivity index (χ4n) is 6.81. The van der Waals surface area contributed by atoms with Crippen LogP contribution in [0, 0.1) is 32.1 Å². The van der Waals surface area contributed by atoms with E-state index < -0.39 is 0 Å². The molecule has 3 heterocycles. The highest BCUT2D eigenvalue weighted by atomic mass is 16.5. The fraction of sp³-hybridized carbons (Fsp3) is 0.100. The van der Waals surface area contributed by atoms with Gasteiger partial charge in [-0.05, 0) is 105 Å². The minimum atomic E-state index is 0.600. The highest BCUT2D eigenvalue weighted by Crippen LogP contribution is 2.41. The summed E-state index contributed by atoms with van der Waals surface area (Å²) in [6.07, 6.45) is 3.55. The van der Waals surface area contributed by atoms with Gasteiger partial charge in [0.1, 0.15) is 5.75 Å². The number of rotatable bonds is 4. The minimum Gasteiger partial charge on any atom is -0.497 e. The Labute approximate surface area is 261 Å². The Bertz CT molecular complexity index is 2450. The molecule has 0 atom stereocenters. The molecule has 0 spiro atoms. The highest BCUT2D eigenvalue weighted by Gasteiger charge is 2.22. The molecule has 0 aliphatic heterocycles. The van der Waals surface area contributed by atoms with Crippen LogP contribution in [-0.4, -0.2) is 21.2 Å². The van der Waals surface area contributed by atoms with Gasteiger partial charge < -0.3 is 13.9 Å². The van der Waals surface area contributed by atoms with Gasteiger partial charge in [-0.25, -0.2) is 0 Å². The first-order valence-corrected chi connectivity index (χ1v) is 15.0. The van der Waals surface area contributed by atoms with E-state index >= 15 is 0 Å². The zero-order valence-electron chi connectivity index (χ0n) is 25.6. The summed E-state index contributed by atoms with van der Waals surface area (Å²) in [5.74, 6) is 0.808. The largest absolute Gasteiger partial charge is 0.497 e. The molecule has 0 amide bonds. The molecule has 0 N–H and O–H groups in total. The summed E-state index contributed by atoms with van der Waals surface area (Å²) in [6.45, 7) is 6.40. The number of nitrogens with zero attached hydrogens (tertiary/aromatic N) is 4. The molecule has 3 aromatic heterocycles. The predicted octanol–water partition coefficient (Wildman–Crippen LogP) is 9.75. The van der Waals surface area contributed by atoms with E-state index in [1.807, 2.05) is 24.3 Å². The van der Waals surface area contributed by atoms with Gasteiger partial charge in [-0.2, -0.15) is 5.26 Å².